The van der Waals surface area contributed by atoms with Gasteiger partial charge in [-0.1, -0.05) is 25.3 Å². The summed E-state index contributed by atoms with van der Waals surface area (Å²) in [6.45, 7) is 0.885. The van der Waals surface area contributed by atoms with Crippen molar-refractivity contribution in [3.63, 3.8) is 0 Å². The standard InChI is InChI=1S/C15H21NOS/c1-16(11-12-6-3-2-4-7-12)15(17)13-8-5-9-14(18)10-13/h5,8-10,12,18H,2-4,6-7,11H2,1H3. The van der Waals surface area contributed by atoms with Gasteiger partial charge in [0.15, 0.2) is 0 Å². The highest BCUT2D eigenvalue weighted by atomic mass is 32.1. The van der Waals surface area contributed by atoms with Crippen LogP contribution in [0, 0.1) is 5.92 Å². The van der Waals surface area contributed by atoms with Crippen LogP contribution in [0.25, 0.3) is 0 Å². The predicted molar refractivity (Wildman–Crippen MR) is 77.2 cm³/mol. The summed E-state index contributed by atoms with van der Waals surface area (Å²) in [5.74, 6) is 0.795. The fourth-order valence-corrected chi connectivity index (χ4v) is 2.92. The molecule has 98 valence electrons. The molecule has 0 aliphatic heterocycles. The second-order valence-electron chi connectivity index (χ2n) is 5.24. The van der Waals surface area contributed by atoms with Crippen molar-refractivity contribution < 1.29 is 4.79 Å². The van der Waals surface area contributed by atoms with Crippen LogP contribution in [0.4, 0.5) is 0 Å². The number of thiol groups is 1. The summed E-state index contributed by atoms with van der Waals surface area (Å²) in [4.78, 5) is 15.0. The molecule has 2 nitrogen and oxygen atoms in total. The van der Waals surface area contributed by atoms with E-state index in [-0.39, 0.29) is 5.91 Å². The van der Waals surface area contributed by atoms with Crippen molar-refractivity contribution in [3.8, 4) is 0 Å². The van der Waals surface area contributed by atoms with E-state index in [9.17, 15) is 4.79 Å². The molecule has 0 radical (unpaired) electrons. The fourth-order valence-electron chi connectivity index (χ4n) is 2.70. The number of carbonyl (C=O) groups is 1. The first-order chi connectivity index (χ1) is 8.66. The molecule has 0 bridgehead atoms. The normalized spacial score (nSPS) is 16.6. The number of nitrogens with zero attached hydrogens (tertiary/aromatic N) is 1. The number of benzene rings is 1. The topological polar surface area (TPSA) is 20.3 Å². The molecule has 0 spiro atoms. The van der Waals surface area contributed by atoms with Crippen LogP contribution in [-0.2, 0) is 0 Å². The third kappa shape index (κ3) is 3.52. The average molecular weight is 263 g/mol. The molecular weight excluding hydrogens is 242 g/mol. The summed E-state index contributed by atoms with van der Waals surface area (Å²) >= 11 is 4.28. The van der Waals surface area contributed by atoms with Gasteiger partial charge >= 0.3 is 0 Å². The minimum atomic E-state index is 0.108. The molecule has 1 amide bonds. The summed E-state index contributed by atoms with van der Waals surface area (Å²) < 4.78 is 0. The number of amides is 1. The Balaban J connectivity index is 1.95. The first-order valence-corrected chi connectivity index (χ1v) is 7.16. The van der Waals surface area contributed by atoms with Gasteiger partial charge in [-0.2, -0.15) is 0 Å². The summed E-state index contributed by atoms with van der Waals surface area (Å²) in [6.07, 6.45) is 6.53. The van der Waals surface area contributed by atoms with Crippen molar-refractivity contribution in [2.75, 3.05) is 13.6 Å². The molecule has 0 aromatic heterocycles. The highest BCUT2D eigenvalue weighted by Crippen LogP contribution is 2.24. The number of rotatable bonds is 3. The summed E-state index contributed by atoms with van der Waals surface area (Å²) in [7, 11) is 1.90. The molecule has 1 aromatic rings. The van der Waals surface area contributed by atoms with Crippen LogP contribution in [0.2, 0.25) is 0 Å². The molecule has 1 aliphatic rings. The van der Waals surface area contributed by atoms with Crippen molar-refractivity contribution in [2.24, 2.45) is 5.92 Å². The highest BCUT2D eigenvalue weighted by molar-refractivity contribution is 7.80. The van der Waals surface area contributed by atoms with Crippen molar-refractivity contribution in [1.29, 1.82) is 0 Å². The number of hydrogen-bond acceptors (Lipinski definition) is 2. The summed E-state index contributed by atoms with van der Waals surface area (Å²) in [5, 5.41) is 0. The Morgan fingerprint density at radius 1 is 1.33 bits per heavy atom. The lowest BCUT2D eigenvalue weighted by Crippen LogP contribution is -2.32. The van der Waals surface area contributed by atoms with Gasteiger partial charge in [0, 0.05) is 24.1 Å². The minimum Gasteiger partial charge on any atom is -0.341 e. The Labute approximate surface area is 115 Å². The first-order valence-electron chi connectivity index (χ1n) is 6.71. The average Bonchev–Trinajstić information content (AvgIpc) is 2.39. The number of carbonyl (C=O) groups excluding carboxylic acids is 1. The third-order valence-electron chi connectivity index (χ3n) is 3.70. The molecule has 0 atom stereocenters. The van der Waals surface area contributed by atoms with Gasteiger partial charge in [0.1, 0.15) is 0 Å². The SMILES string of the molecule is CN(CC1CCCCC1)C(=O)c1cccc(S)c1. The van der Waals surface area contributed by atoms with Gasteiger partial charge in [-0.05, 0) is 37.0 Å². The fraction of sp³-hybridized carbons (Fsp3) is 0.533. The first kappa shape index (κ1) is 13.5. The van der Waals surface area contributed by atoms with Crippen LogP contribution >= 0.6 is 12.6 Å². The lowest BCUT2D eigenvalue weighted by molar-refractivity contribution is 0.0760. The van der Waals surface area contributed by atoms with E-state index >= 15 is 0 Å². The molecule has 0 N–H and O–H groups in total. The van der Waals surface area contributed by atoms with Gasteiger partial charge in [0.05, 0.1) is 0 Å². The van der Waals surface area contributed by atoms with E-state index in [2.05, 4.69) is 12.6 Å². The Bertz CT molecular complexity index is 413. The second-order valence-corrected chi connectivity index (χ2v) is 5.76. The minimum absolute atomic E-state index is 0.108. The Morgan fingerprint density at radius 3 is 2.72 bits per heavy atom. The third-order valence-corrected chi connectivity index (χ3v) is 3.97. The Hall–Kier alpha value is -0.960. The molecule has 1 saturated carbocycles. The lowest BCUT2D eigenvalue weighted by Gasteiger charge is -2.27. The lowest BCUT2D eigenvalue weighted by atomic mass is 9.89. The van der Waals surface area contributed by atoms with E-state index in [1.165, 1.54) is 32.1 Å². The Morgan fingerprint density at radius 2 is 2.06 bits per heavy atom. The van der Waals surface area contributed by atoms with E-state index in [4.69, 9.17) is 0 Å². The highest BCUT2D eigenvalue weighted by Gasteiger charge is 2.19. The molecule has 1 aliphatic carbocycles. The van der Waals surface area contributed by atoms with Crippen molar-refractivity contribution in [3.05, 3.63) is 29.8 Å². The van der Waals surface area contributed by atoms with E-state index in [1.54, 1.807) is 0 Å². The maximum absolute atomic E-state index is 12.3. The quantitative estimate of drug-likeness (QED) is 0.826. The van der Waals surface area contributed by atoms with Gasteiger partial charge in [0.2, 0.25) is 0 Å². The molecule has 2 rings (SSSR count). The van der Waals surface area contributed by atoms with Gasteiger partial charge in [-0.3, -0.25) is 4.79 Å². The molecule has 0 unspecified atom stereocenters. The van der Waals surface area contributed by atoms with E-state index in [0.717, 1.165) is 17.0 Å². The maximum atomic E-state index is 12.3. The van der Waals surface area contributed by atoms with Crippen LogP contribution < -0.4 is 0 Å². The van der Waals surface area contributed by atoms with Crippen LogP contribution in [0.3, 0.4) is 0 Å². The molecule has 1 fully saturated rings. The monoisotopic (exact) mass is 263 g/mol. The molecule has 0 saturated heterocycles. The van der Waals surface area contributed by atoms with Crippen molar-refractivity contribution >= 4 is 18.5 Å². The molecule has 3 heteroatoms. The molecule has 18 heavy (non-hydrogen) atoms. The van der Waals surface area contributed by atoms with Crippen LogP contribution in [-0.4, -0.2) is 24.4 Å². The van der Waals surface area contributed by atoms with Crippen LogP contribution in [0.1, 0.15) is 42.5 Å². The van der Waals surface area contributed by atoms with E-state index in [0.29, 0.717) is 5.92 Å². The zero-order chi connectivity index (χ0) is 13.0. The summed E-state index contributed by atoms with van der Waals surface area (Å²) in [5.41, 5.74) is 0.737. The second kappa shape index (κ2) is 6.28. The smallest absolute Gasteiger partial charge is 0.253 e. The van der Waals surface area contributed by atoms with Crippen molar-refractivity contribution in [1.82, 2.24) is 4.90 Å². The Kier molecular flexibility index (Phi) is 4.70. The van der Waals surface area contributed by atoms with Gasteiger partial charge < -0.3 is 4.90 Å². The van der Waals surface area contributed by atoms with Gasteiger partial charge in [-0.15, -0.1) is 12.6 Å². The van der Waals surface area contributed by atoms with E-state index < -0.39 is 0 Å². The molecular formula is C15H21NOS. The predicted octanol–water partition coefficient (Wildman–Crippen LogP) is 3.63. The number of hydrogen-bond donors (Lipinski definition) is 1. The van der Waals surface area contributed by atoms with Crippen LogP contribution in [0.15, 0.2) is 29.2 Å². The van der Waals surface area contributed by atoms with E-state index in [1.807, 2.05) is 36.2 Å². The zero-order valence-electron chi connectivity index (χ0n) is 10.9. The largest absolute Gasteiger partial charge is 0.341 e. The summed E-state index contributed by atoms with van der Waals surface area (Å²) in [6, 6.07) is 7.47. The van der Waals surface area contributed by atoms with Gasteiger partial charge in [0.25, 0.3) is 5.91 Å². The maximum Gasteiger partial charge on any atom is 0.253 e. The van der Waals surface area contributed by atoms with Crippen LogP contribution in [0.5, 0.6) is 0 Å². The van der Waals surface area contributed by atoms with Gasteiger partial charge in [-0.25, -0.2) is 0 Å². The zero-order valence-corrected chi connectivity index (χ0v) is 11.8. The van der Waals surface area contributed by atoms with Crippen molar-refractivity contribution in [2.45, 2.75) is 37.0 Å². The molecule has 0 heterocycles. The molecule has 1 aromatic carbocycles.